The molecule has 5 aliphatic heterocycles. The molecule has 1 aromatic carbocycles. The number of ether oxygens (including phenoxy) is 1. The number of amides is 3. The van der Waals surface area contributed by atoms with E-state index in [0.29, 0.717) is 39.4 Å². The Morgan fingerprint density at radius 1 is 0.900 bits per heavy atom. The van der Waals surface area contributed by atoms with E-state index in [4.69, 9.17) is 4.74 Å². The molecule has 6 rings (SSSR count). The molecule has 5 aliphatic rings. The maximum Gasteiger partial charge on any atom is 0.247 e. The number of morpholine rings is 1. The zero-order chi connectivity index (χ0) is 27.9. The first-order valence-electron chi connectivity index (χ1n) is 14.3. The van der Waals surface area contributed by atoms with Crippen LogP contribution in [0.4, 0.5) is 0 Å². The third kappa shape index (κ3) is 4.58. The second kappa shape index (κ2) is 11.0. The van der Waals surface area contributed by atoms with Crippen molar-refractivity contribution in [2.24, 2.45) is 11.8 Å². The number of fused-ring (bicyclic) bond motifs is 2. The van der Waals surface area contributed by atoms with Crippen LogP contribution in [-0.2, 0) is 25.7 Å². The van der Waals surface area contributed by atoms with Crippen molar-refractivity contribution in [3.05, 3.63) is 60.2 Å². The van der Waals surface area contributed by atoms with E-state index in [1.54, 1.807) is 16.7 Å². The number of aliphatic hydroxyl groups is 1. The van der Waals surface area contributed by atoms with Gasteiger partial charge in [-0.2, -0.15) is 0 Å². The highest BCUT2D eigenvalue weighted by Crippen LogP contribution is 2.65. The van der Waals surface area contributed by atoms with Gasteiger partial charge in [-0.05, 0) is 12.5 Å². The normalized spacial score (nSPS) is 34.1. The summed E-state index contributed by atoms with van der Waals surface area (Å²) in [6.45, 7) is 7.62. The van der Waals surface area contributed by atoms with Crippen molar-refractivity contribution in [1.82, 2.24) is 19.6 Å². The lowest BCUT2D eigenvalue weighted by Crippen LogP contribution is -2.55. The molecule has 0 saturated carbocycles. The molecule has 0 aromatic heterocycles. The molecule has 1 unspecified atom stereocenters. The van der Waals surface area contributed by atoms with Crippen molar-refractivity contribution >= 4 is 29.5 Å². The molecule has 1 spiro atoms. The van der Waals surface area contributed by atoms with Gasteiger partial charge in [0.25, 0.3) is 0 Å². The standard InChI is InChI=1S/C30H38N4O5S/c1-29-9-5-12-33(21-22-7-3-2-4-8-22)26(36)23(29)24-27(37)34(15-18-35)25-28(38)32(11-6-10-30(24,25)40-29)14-13-31-16-19-39-20-17-31/h2-10,23-25,35H,11-21H2,1H3/t23-,24+,25?,29+,30+/m1/s1. The van der Waals surface area contributed by atoms with Gasteiger partial charge in [-0.1, -0.05) is 54.6 Å². The predicted octanol–water partition coefficient (Wildman–Crippen LogP) is 0.995. The van der Waals surface area contributed by atoms with Crippen LogP contribution in [0.5, 0.6) is 0 Å². The van der Waals surface area contributed by atoms with Crippen molar-refractivity contribution in [1.29, 1.82) is 0 Å². The zero-order valence-electron chi connectivity index (χ0n) is 23.0. The molecule has 5 heterocycles. The average molecular weight is 567 g/mol. The first-order valence-corrected chi connectivity index (χ1v) is 15.1. The Morgan fingerprint density at radius 2 is 1.62 bits per heavy atom. The summed E-state index contributed by atoms with van der Waals surface area (Å²) in [6.07, 6.45) is 8.17. The van der Waals surface area contributed by atoms with E-state index in [1.807, 2.05) is 65.3 Å². The van der Waals surface area contributed by atoms with E-state index in [1.165, 1.54) is 0 Å². The monoisotopic (exact) mass is 566 g/mol. The van der Waals surface area contributed by atoms with Gasteiger partial charge < -0.3 is 24.5 Å². The maximum atomic E-state index is 14.3. The van der Waals surface area contributed by atoms with Crippen LogP contribution in [-0.4, -0.2) is 124 Å². The Morgan fingerprint density at radius 3 is 2.38 bits per heavy atom. The number of rotatable bonds is 7. The summed E-state index contributed by atoms with van der Waals surface area (Å²) in [4.78, 5) is 50.3. The van der Waals surface area contributed by atoms with Crippen LogP contribution >= 0.6 is 11.8 Å². The summed E-state index contributed by atoms with van der Waals surface area (Å²) < 4.78 is 3.94. The first kappa shape index (κ1) is 27.5. The van der Waals surface area contributed by atoms with Crippen LogP contribution in [0.15, 0.2) is 54.6 Å². The molecule has 10 heteroatoms. The molecule has 3 fully saturated rings. The number of likely N-dealkylation sites (tertiary alicyclic amines) is 1. The van der Waals surface area contributed by atoms with E-state index < -0.39 is 27.4 Å². The number of carbonyl (C=O) groups excluding carboxylic acids is 3. The fourth-order valence-electron chi connectivity index (χ4n) is 7.20. The minimum absolute atomic E-state index is 0.0575. The first-order chi connectivity index (χ1) is 19.4. The highest BCUT2D eigenvalue weighted by atomic mass is 32.2. The molecule has 214 valence electrons. The Hall–Kier alpha value is -2.66. The van der Waals surface area contributed by atoms with Crippen LogP contribution in [0.2, 0.25) is 0 Å². The van der Waals surface area contributed by atoms with E-state index in [-0.39, 0.29) is 30.9 Å². The van der Waals surface area contributed by atoms with Crippen molar-refractivity contribution < 1.29 is 24.2 Å². The topological polar surface area (TPSA) is 93.6 Å². The van der Waals surface area contributed by atoms with Crippen molar-refractivity contribution in [3.8, 4) is 0 Å². The van der Waals surface area contributed by atoms with Gasteiger partial charge >= 0.3 is 0 Å². The third-order valence-electron chi connectivity index (χ3n) is 9.07. The number of β-amino-alcohol motifs (C(OH)–C–C–N with tert-alkyl or cyclic N) is 1. The number of thioether (sulfide) groups is 1. The van der Waals surface area contributed by atoms with E-state index in [9.17, 15) is 19.5 Å². The second-order valence-electron chi connectivity index (χ2n) is 11.5. The minimum atomic E-state index is -0.883. The molecule has 5 atom stereocenters. The lowest BCUT2D eigenvalue weighted by molar-refractivity contribution is -0.145. The summed E-state index contributed by atoms with van der Waals surface area (Å²) in [5.41, 5.74) is 1.03. The Kier molecular flexibility index (Phi) is 7.54. The Labute approximate surface area is 239 Å². The van der Waals surface area contributed by atoms with Crippen LogP contribution in [0.1, 0.15) is 12.5 Å². The molecule has 0 bridgehead atoms. The summed E-state index contributed by atoms with van der Waals surface area (Å²) in [5.74, 6) is -1.68. The van der Waals surface area contributed by atoms with E-state index >= 15 is 0 Å². The molecular formula is C30H38N4O5S. The van der Waals surface area contributed by atoms with Gasteiger partial charge in [0.05, 0.1) is 36.4 Å². The Bertz CT molecular complexity index is 1200. The molecule has 40 heavy (non-hydrogen) atoms. The molecule has 0 aliphatic carbocycles. The summed E-state index contributed by atoms with van der Waals surface area (Å²) in [6, 6.07) is 9.12. The summed E-state index contributed by atoms with van der Waals surface area (Å²) >= 11 is 1.58. The van der Waals surface area contributed by atoms with Crippen molar-refractivity contribution in [3.63, 3.8) is 0 Å². The van der Waals surface area contributed by atoms with Gasteiger partial charge in [0.2, 0.25) is 17.7 Å². The number of carbonyl (C=O) groups is 3. The average Bonchev–Trinajstić information content (AvgIpc) is 3.22. The highest BCUT2D eigenvalue weighted by Gasteiger charge is 2.73. The van der Waals surface area contributed by atoms with Crippen LogP contribution < -0.4 is 0 Å². The van der Waals surface area contributed by atoms with Gasteiger partial charge in [0.15, 0.2) is 0 Å². The van der Waals surface area contributed by atoms with Gasteiger partial charge in [-0.15, -0.1) is 11.8 Å². The zero-order valence-corrected chi connectivity index (χ0v) is 23.8. The molecule has 3 amide bonds. The number of benzene rings is 1. The molecule has 1 N–H and O–H groups in total. The smallest absolute Gasteiger partial charge is 0.247 e. The predicted molar refractivity (Wildman–Crippen MR) is 152 cm³/mol. The van der Waals surface area contributed by atoms with E-state index in [2.05, 4.69) is 11.0 Å². The second-order valence-corrected chi connectivity index (χ2v) is 13.3. The fraction of sp³-hybridized carbons (Fsp3) is 0.567. The largest absolute Gasteiger partial charge is 0.395 e. The van der Waals surface area contributed by atoms with E-state index in [0.717, 1.165) is 25.2 Å². The molecule has 9 nitrogen and oxygen atoms in total. The van der Waals surface area contributed by atoms with Crippen molar-refractivity contribution in [2.45, 2.75) is 29.0 Å². The number of nitrogens with zero attached hydrogens (tertiary/aromatic N) is 4. The summed E-state index contributed by atoms with van der Waals surface area (Å²) in [5, 5.41) is 9.93. The minimum Gasteiger partial charge on any atom is -0.395 e. The molecule has 1 aromatic rings. The fourth-order valence-corrected chi connectivity index (χ4v) is 9.36. The van der Waals surface area contributed by atoms with Crippen LogP contribution in [0.3, 0.4) is 0 Å². The molecular weight excluding hydrogens is 528 g/mol. The van der Waals surface area contributed by atoms with Gasteiger partial charge in [-0.25, -0.2) is 0 Å². The summed E-state index contributed by atoms with van der Waals surface area (Å²) in [7, 11) is 0. The van der Waals surface area contributed by atoms with Crippen molar-refractivity contribution in [2.75, 3.05) is 65.6 Å². The van der Waals surface area contributed by atoms with Gasteiger partial charge in [0.1, 0.15) is 6.04 Å². The van der Waals surface area contributed by atoms with Gasteiger partial charge in [-0.3, -0.25) is 19.3 Å². The SMILES string of the molecule is C[C@]12C=CCN(Cc3ccccc3)C(=O)[C@H]1[C@H]1C(=O)N(CCO)C3C(=O)N(CCN4CCOCC4)CC=C[C@@]31S2. The highest BCUT2D eigenvalue weighted by molar-refractivity contribution is 8.02. The molecule has 0 radical (unpaired) electrons. The maximum absolute atomic E-state index is 14.3. The van der Waals surface area contributed by atoms with Crippen LogP contribution in [0, 0.1) is 11.8 Å². The number of aliphatic hydroxyl groups excluding tert-OH is 1. The van der Waals surface area contributed by atoms with Crippen LogP contribution in [0.25, 0.3) is 0 Å². The third-order valence-corrected chi connectivity index (χ3v) is 10.9. The lowest BCUT2D eigenvalue weighted by atomic mass is 9.74. The van der Waals surface area contributed by atoms with Gasteiger partial charge in [0, 0.05) is 57.1 Å². The Balaban J connectivity index is 1.32. The number of hydrogen-bond donors (Lipinski definition) is 1. The lowest BCUT2D eigenvalue weighted by Gasteiger charge is -2.37. The quantitative estimate of drug-likeness (QED) is 0.492. The number of hydrogen-bond acceptors (Lipinski definition) is 7. The molecule has 3 saturated heterocycles.